The first-order valence-electron chi connectivity index (χ1n) is 10.5. The molecular formula is C24H28N2O4S. The third-order valence-corrected chi connectivity index (χ3v) is 6.44. The van der Waals surface area contributed by atoms with E-state index in [0.29, 0.717) is 22.7 Å². The molecule has 164 valence electrons. The number of anilines is 1. The topological polar surface area (TPSA) is 84.5 Å². The van der Waals surface area contributed by atoms with E-state index in [4.69, 9.17) is 0 Å². The van der Waals surface area contributed by atoms with Gasteiger partial charge in [-0.2, -0.15) is 0 Å². The maximum Gasteiger partial charge on any atom is 0.337 e. The number of esters is 1. The second-order valence-electron chi connectivity index (χ2n) is 7.62. The van der Waals surface area contributed by atoms with E-state index >= 15 is 0 Å². The maximum absolute atomic E-state index is 12.8. The molecule has 1 aliphatic carbocycles. The Kier molecular flexibility index (Phi) is 8.53. The predicted octanol–water partition coefficient (Wildman–Crippen LogP) is 4.51. The minimum atomic E-state index is -0.429. The van der Waals surface area contributed by atoms with Gasteiger partial charge in [0.05, 0.1) is 24.0 Å². The van der Waals surface area contributed by atoms with Gasteiger partial charge in [0, 0.05) is 17.1 Å². The summed E-state index contributed by atoms with van der Waals surface area (Å²) in [5.41, 5.74) is 1.49. The minimum Gasteiger partial charge on any atom is -0.465 e. The third-order valence-electron chi connectivity index (χ3n) is 5.37. The molecule has 1 saturated carbocycles. The third kappa shape index (κ3) is 6.85. The van der Waals surface area contributed by atoms with Crippen molar-refractivity contribution in [2.45, 2.75) is 37.0 Å². The largest absolute Gasteiger partial charge is 0.465 e. The number of rotatable bonds is 8. The zero-order chi connectivity index (χ0) is 22.1. The number of benzene rings is 2. The van der Waals surface area contributed by atoms with Crippen molar-refractivity contribution in [3.05, 3.63) is 59.7 Å². The number of amides is 2. The fraction of sp³-hybridized carbons (Fsp3) is 0.375. The molecule has 0 unspecified atom stereocenters. The van der Waals surface area contributed by atoms with E-state index in [9.17, 15) is 14.4 Å². The van der Waals surface area contributed by atoms with Gasteiger partial charge in [-0.1, -0.05) is 31.4 Å². The zero-order valence-corrected chi connectivity index (χ0v) is 18.5. The molecule has 6 nitrogen and oxygen atoms in total. The summed E-state index contributed by atoms with van der Waals surface area (Å²) in [6.07, 6.45) is 6.19. The van der Waals surface area contributed by atoms with Crippen molar-refractivity contribution in [2.75, 3.05) is 24.7 Å². The van der Waals surface area contributed by atoms with E-state index in [1.807, 2.05) is 12.1 Å². The molecule has 0 radical (unpaired) electrons. The predicted molar refractivity (Wildman–Crippen MR) is 122 cm³/mol. The van der Waals surface area contributed by atoms with E-state index in [2.05, 4.69) is 15.4 Å². The van der Waals surface area contributed by atoms with Crippen LogP contribution >= 0.6 is 11.8 Å². The van der Waals surface area contributed by atoms with Crippen molar-refractivity contribution in [1.29, 1.82) is 0 Å². The molecule has 0 aliphatic heterocycles. The van der Waals surface area contributed by atoms with Gasteiger partial charge in [-0.05, 0) is 55.2 Å². The van der Waals surface area contributed by atoms with Crippen LogP contribution in [-0.4, -0.2) is 37.2 Å². The van der Waals surface area contributed by atoms with E-state index in [1.165, 1.54) is 51.0 Å². The van der Waals surface area contributed by atoms with E-state index in [1.54, 1.807) is 36.4 Å². The van der Waals surface area contributed by atoms with Gasteiger partial charge < -0.3 is 15.4 Å². The normalized spacial score (nSPS) is 14.0. The number of hydrogen-bond acceptors (Lipinski definition) is 5. The summed E-state index contributed by atoms with van der Waals surface area (Å²) in [5, 5.41) is 5.87. The van der Waals surface area contributed by atoms with Crippen LogP contribution in [0.5, 0.6) is 0 Å². The monoisotopic (exact) mass is 440 g/mol. The van der Waals surface area contributed by atoms with Gasteiger partial charge in [-0.25, -0.2) is 4.79 Å². The summed E-state index contributed by atoms with van der Waals surface area (Å²) < 4.78 is 4.68. The van der Waals surface area contributed by atoms with Crippen LogP contribution in [-0.2, 0) is 9.53 Å². The average Bonchev–Trinajstić information content (AvgIpc) is 2.82. The summed E-state index contributed by atoms with van der Waals surface area (Å²) in [5.74, 6) is 0.152. The fourth-order valence-electron chi connectivity index (χ4n) is 3.63. The van der Waals surface area contributed by atoms with Gasteiger partial charge in [-0.3, -0.25) is 9.59 Å². The fourth-order valence-corrected chi connectivity index (χ4v) is 4.51. The van der Waals surface area contributed by atoms with E-state index < -0.39 is 5.97 Å². The van der Waals surface area contributed by atoms with Crippen molar-refractivity contribution in [1.82, 2.24) is 5.32 Å². The molecule has 0 aromatic heterocycles. The second-order valence-corrected chi connectivity index (χ2v) is 8.63. The highest BCUT2D eigenvalue weighted by Gasteiger charge is 2.16. The Morgan fingerprint density at radius 2 is 1.71 bits per heavy atom. The van der Waals surface area contributed by atoms with Crippen LogP contribution in [0.2, 0.25) is 0 Å². The molecular weight excluding hydrogens is 412 g/mol. The van der Waals surface area contributed by atoms with Gasteiger partial charge in [0.1, 0.15) is 0 Å². The lowest BCUT2D eigenvalue weighted by atomic mass is 9.89. The lowest BCUT2D eigenvalue weighted by Gasteiger charge is -2.21. The molecule has 3 rings (SSSR count). The first-order valence-corrected chi connectivity index (χ1v) is 11.5. The van der Waals surface area contributed by atoms with Crippen LogP contribution in [0.3, 0.4) is 0 Å². The van der Waals surface area contributed by atoms with Gasteiger partial charge >= 0.3 is 5.97 Å². The Bertz CT molecular complexity index is 908. The molecule has 1 aliphatic rings. The minimum absolute atomic E-state index is 0.0100. The Labute approximate surface area is 187 Å². The Balaban J connectivity index is 1.54. The van der Waals surface area contributed by atoms with Crippen LogP contribution in [0.4, 0.5) is 5.69 Å². The van der Waals surface area contributed by atoms with Gasteiger partial charge in [0.25, 0.3) is 5.91 Å². The van der Waals surface area contributed by atoms with E-state index in [0.717, 1.165) is 11.4 Å². The molecule has 2 aromatic rings. The summed E-state index contributed by atoms with van der Waals surface area (Å²) >= 11 is 1.36. The summed E-state index contributed by atoms with van der Waals surface area (Å²) in [7, 11) is 1.32. The quantitative estimate of drug-likeness (QED) is 0.466. The first kappa shape index (κ1) is 22.9. The molecule has 2 N–H and O–H groups in total. The molecule has 31 heavy (non-hydrogen) atoms. The van der Waals surface area contributed by atoms with Gasteiger partial charge in [0.15, 0.2) is 0 Å². The molecule has 0 spiro atoms. The number of carbonyl (C=O) groups excluding carboxylic acids is 3. The number of nitrogens with one attached hydrogen (secondary N) is 2. The zero-order valence-electron chi connectivity index (χ0n) is 17.7. The molecule has 0 saturated heterocycles. The van der Waals surface area contributed by atoms with Crippen molar-refractivity contribution >= 4 is 35.2 Å². The van der Waals surface area contributed by atoms with Crippen molar-refractivity contribution in [3.63, 3.8) is 0 Å². The Hall–Kier alpha value is -2.80. The molecule has 0 atom stereocenters. The first-order chi connectivity index (χ1) is 15.1. The smallest absolute Gasteiger partial charge is 0.337 e. The maximum atomic E-state index is 12.8. The van der Waals surface area contributed by atoms with Crippen molar-refractivity contribution in [3.8, 4) is 0 Å². The molecule has 0 heterocycles. The number of hydrogen-bond donors (Lipinski definition) is 2. The second kappa shape index (κ2) is 11.6. The summed E-state index contributed by atoms with van der Waals surface area (Å²) in [4.78, 5) is 37.3. The molecule has 2 aromatic carbocycles. The van der Waals surface area contributed by atoms with Crippen LogP contribution in [0, 0.1) is 5.92 Å². The molecule has 0 bridgehead atoms. The average molecular weight is 441 g/mol. The highest BCUT2D eigenvalue weighted by atomic mass is 32.2. The van der Waals surface area contributed by atoms with Crippen LogP contribution in [0.15, 0.2) is 53.4 Å². The number of carbonyl (C=O) groups is 3. The number of ether oxygens (including phenoxy) is 1. The lowest BCUT2D eigenvalue weighted by molar-refractivity contribution is -0.118. The van der Waals surface area contributed by atoms with Crippen LogP contribution in [0.25, 0.3) is 0 Å². The highest BCUT2D eigenvalue weighted by Crippen LogP contribution is 2.25. The SMILES string of the molecule is COC(=O)c1ccc(NC(=O)c2ccccc2SCC(=O)NCC2CCCCC2)cc1. The van der Waals surface area contributed by atoms with E-state index in [-0.39, 0.29) is 17.6 Å². The van der Waals surface area contributed by atoms with Crippen LogP contribution < -0.4 is 10.6 Å². The summed E-state index contributed by atoms with van der Waals surface area (Å²) in [6.45, 7) is 0.739. The highest BCUT2D eigenvalue weighted by molar-refractivity contribution is 8.00. The standard InChI is InChI=1S/C24H28N2O4S/c1-30-24(29)18-11-13-19(14-12-18)26-23(28)20-9-5-6-10-21(20)31-16-22(27)25-15-17-7-3-2-4-8-17/h5-6,9-14,17H,2-4,7-8,15-16H2,1H3,(H,25,27)(H,26,28). The Morgan fingerprint density at radius 1 is 1.00 bits per heavy atom. The summed E-state index contributed by atoms with van der Waals surface area (Å²) in [6, 6.07) is 13.7. The molecule has 2 amide bonds. The van der Waals surface area contributed by atoms with Crippen molar-refractivity contribution < 1.29 is 19.1 Å². The van der Waals surface area contributed by atoms with Crippen molar-refractivity contribution in [2.24, 2.45) is 5.92 Å². The number of thioether (sulfide) groups is 1. The van der Waals surface area contributed by atoms with Crippen LogP contribution in [0.1, 0.15) is 52.8 Å². The molecule has 7 heteroatoms. The van der Waals surface area contributed by atoms with Gasteiger partial charge in [-0.15, -0.1) is 11.8 Å². The lowest BCUT2D eigenvalue weighted by Crippen LogP contribution is -2.31. The molecule has 1 fully saturated rings. The van der Waals surface area contributed by atoms with Gasteiger partial charge in [0.2, 0.25) is 5.91 Å². The Morgan fingerprint density at radius 3 is 2.42 bits per heavy atom. The number of methoxy groups -OCH3 is 1.